The lowest BCUT2D eigenvalue weighted by Crippen LogP contribution is -2.32. The van der Waals surface area contributed by atoms with Gasteiger partial charge in [0.15, 0.2) is 0 Å². The Hall–Kier alpha value is -1.67. The van der Waals surface area contributed by atoms with E-state index in [4.69, 9.17) is 9.84 Å². The molecule has 0 amide bonds. The number of carbonyl (C=O) groups is 1. The summed E-state index contributed by atoms with van der Waals surface area (Å²) in [6.45, 7) is -0.612. The van der Waals surface area contributed by atoms with Crippen LogP contribution in [0.1, 0.15) is 0 Å². The summed E-state index contributed by atoms with van der Waals surface area (Å²) in [4.78, 5) is 14.1. The van der Waals surface area contributed by atoms with E-state index in [0.29, 0.717) is 0 Å². The summed E-state index contributed by atoms with van der Waals surface area (Å²) in [5, 5.41) is 8.55. The number of methoxy groups -OCH3 is 1. The van der Waals surface area contributed by atoms with E-state index in [1.807, 2.05) is 0 Å². The zero-order chi connectivity index (χ0) is 13.1. The third-order valence-electron chi connectivity index (χ3n) is 1.99. The quantitative estimate of drug-likeness (QED) is 0.787. The van der Waals surface area contributed by atoms with Crippen molar-refractivity contribution in [1.29, 1.82) is 0 Å². The van der Waals surface area contributed by atoms with Crippen molar-refractivity contribution in [1.82, 2.24) is 9.29 Å². The number of carboxylic acid groups (broad SMARTS) is 1. The van der Waals surface area contributed by atoms with E-state index >= 15 is 0 Å². The molecule has 94 valence electrons. The lowest BCUT2D eigenvalue weighted by atomic mass is 10.5. The maximum atomic E-state index is 11.9. The van der Waals surface area contributed by atoms with Crippen molar-refractivity contribution in [2.45, 2.75) is 4.90 Å². The topological polar surface area (TPSA) is 96.8 Å². The molecule has 1 aromatic rings. The molecule has 1 heterocycles. The molecule has 0 aromatic carbocycles. The van der Waals surface area contributed by atoms with Gasteiger partial charge in [0.2, 0.25) is 10.0 Å². The summed E-state index contributed by atoms with van der Waals surface area (Å²) in [6.07, 6.45) is 2.49. The molecule has 8 heteroatoms. The van der Waals surface area contributed by atoms with Gasteiger partial charge in [0.05, 0.1) is 13.3 Å². The van der Waals surface area contributed by atoms with Gasteiger partial charge >= 0.3 is 5.97 Å². The number of aromatic nitrogens is 1. The molecule has 0 aliphatic rings. The molecule has 0 aliphatic heterocycles. The van der Waals surface area contributed by atoms with Crippen LogP contribution in [0.2, 0.25) is 0 Å². The van der Waals surface area contributed by atoms with E-state index in [-0.39, 0.29) is 10.6 Å². The third-order valence-corrected chi connectivity index (χ3v) is 3.76. The third kappa shape index (κ3) is 3.14. The SMILES string of the molecule is COc1cncc(S(=O)(=O)N(C)CC(=O)O)c1. The predicted molar refractivity (Wildman–Crippen MR) is 58.2 cm³/mol. The fourth-order valence-corrected chi connectivity index (χ4v) is 2.21. The highest BCUT2D eigenvalue weighted by molar-refractivity contribution is 7.89. The van der Waals surface area contributed by atoms with Gasteiger partial charge in [-0.1, -0.05) is 0 Å². The van der Waals surface area contributed by atoms with E-state index < -0.39 is 22.5 Å². The summed E-state index contributed by atoms with van der Waals surface area (Å²) in [7, 11) is -1.29. The number of sulfonamides is 1. The molecule has 17 heavy (non-hydrogen) atoms. The molecule has 0 atom stereocenters. The molecule has 7 nitrogen and oxygen atoms in total. The van der Waals surface area contributed by atoms with Gasteiger partial charge < -0.3 is 9.84 Å². The highest BCUT2D eigenvalue weighted by atomic mass is 32.2. The molecule has 0 spiro atoms. The van der Waals surface area contributed by atoms with Crippen molar-refractivity contribution in [3.63, 3.8) is 0 Å². The first-order chi connectivity index (χ1) is 7.87. The van der Waals surface area contributed by atoms with E-state index in [1.165, 1.54) is 26.4 Å². The molecular weight excluding hydrogens is 248 g/mol. The number of ether oxygens (including phenoxy) is 1. The minimum absolute atomic E-state index is 0.111. The molecule has 0 unspecified atom stereocenters. The van der Waals surface area contributed by atoms with Gasteiger partial charge in [0.1, 0.15) is 17.2 Å². The van der Waals surface area contributed by atoms with Crippen molar-refractivity contribution in [2.75, 3.05) is 20.7 Å². The van der Waals surface area contributed by atoms with Crippen molar-refractivity contribution >= 4 is 16.0 Å². The number of aliphatic carboxylic acids is 1. The normalized spacial score (nSPS) is 11.5. The second-order valence-corrected chi connectivity index (χ2v) is 5.26. The first kappa shape index (κ1) is 13.4. The smallest absolute Gasteiger partial charge is 0.318 e. The van der Waals surface area contributed by atoms with Crippen molar-refractivity contribution in [2.24, 2.45) is 0 Å². The Morgan fingerprint density at radius 1 is 1.53 bits per heavy atom. The van der Waals surface area contributed by atoms with Crippen LogP contribution in [0.4, 0.5) is 0 Å². The average Bonchev–Trinajstić information content (AvgIpc) is 2.28. The summed E-state index contributed by atoms with van der Waals surface area (Å²) in [5.74, 6) is -0.943. The van der Waals surface area contributed by atoms with E-state index in [2.05, 4.69) is 4.98 Å². The van der Waals surface area contributed by atoms with Crippen LogP contribution in [0, 0.1) is 0 Å². The van der Waals surface area contributed by atoms with Crippen LogP contribution in [-0.2, 0) is 14.8 Å². The van der Waals surface area contributed by atoms with Crippen molar-refractivity contribution < 1.29 is 23.1 Å². The molecule has 0 bridgehead atoms. The fourth-order valence-electron chi connectivity index (χ4n) is 1.11. The Balaban J connectivity index is 3.08. The number of rotatable bonds is 5. The summed E-state index contributed by atoms with van der Waals surface area (Å²) in [6, 6.07) is 1.28. The summed E-state index contributed by atoms with van der Waals surface area (Å²) < 4.78 is 29.4. The minimum atomic E-state index is -3.86. The van der Waals surface area contributed by atoms with Gasteiger partial charge in [-0.15, -0.1) is 0 Å². The molecule has 1 aromatic heterocycles. The summed E-state index contributed by atoms with van der Waals surface area (Å²) >= 11 is 0. The number of hydrogen-bond acceptors (Lipinski definition) is 5. The van der Waals surface area contributed by atoms with Crippen LogP contribution in [0.5, 0.6) is 5.75 Å². The molecular formula is C9H12N2O5S. The first-order valence-corrected chi connectivity index (χ1v) is 5.99. The predicted octanol–water partition coefficient (Wildman–Crippen LogP) is -0.205. The van der Waals surface area contributed by atoms with E-state index in [0.717, 1.165) is 10.5 Å². The largest absolute Gasteiger partial charge is 0.495 e. The van der Waals surface area contributed by atoms with Gasteiger partial charge in [-0.25, -0.2) is 8.42 Å². The van der Waals surface area contributed by atoms with Crippen LogP contribution in [0.3, 0.4) is 0 Å². The highest BCUT2D eigenvalue weighted by Crippen LogP contribution is 2.18. The Morgan fingerprint density at radius 2 is 2.18 bits per heavy atom. The highest BCUT2D eigenvalue weighted by Gasteiger charge is 2.23. The van der Waals surface area contributed by atoms with Gasteiger partial charge in [0, 0.05) is 19.3 Å². The molecule has 1 N–H and O–H groups in total. The number of likely N-dealkylation sites (N-methyl/N-ethyl adjacent to an activating group) is 1. The number of pyridine rings is 1. The van der Waals surface area contributed by atoms with Crippen LogP contribution < -0.4 is 4.74 Å². The maximum Gasteiger partial charge on any atom is 0.318 e. The lowest BCUT2D eigenvalue weighted by molar-refractivity contribution is -0.137. The van der Waals surface area contributed by atoms with Gasteiger partial charge in [0.25, 0.3) is 0 Å². The second-order valence-electron chi connectivity index (χ2n) is 3.22. The van der Waals surface area contributed by atoms with E-state index in [9.17, 15) is 13.2 Å². The van der Waals surface area contributed by atoms with Crippen molar-refractivity contribution in [3.05, 3.63) is 18.5 Å². The molecule has 0 saturated heterocycles. The second kappa shape index (κ2) is 5.11. The molecule has 0 aliphatic carbocycles. The monoisotopic (exact) mass is 260 g/mol. The zero-order valence-electron chi connectivity index (χ0n) is 9.32. The molecule has 0 fully saturated rings. The zero-order valence-corrected chi connectivity index (χ0v) is 10.1. The number of nitrogens with zero attached hydrogens (tertiary/aromatic N) is 2. The minimum Gasteiger partial charge on any atom is -0.495 e. The Labute approximate surface area is 98.7 Å². The number of hydrogen-bond donors (Lipinski definition) is 1. The Kier molecular flexibility index (Phi) is 4.02. The van der Waals surface area contributed by atoms with Crippen LogP contribution in [0.25, 0.3) is 0 Å². The lowest BCUT2D eigenvalue weighted by Gasteiger charge is -2.14. The van der Waals surface area contributed by atoms with Crippen LogP contribution >= 0.6 is 0 Å². The molecule has 0 radical (unpaired) electrons. The average molecular weight is 260 g/mol. The maximum absolute atomic E-state index is 11.9. The van der Waals surface area contributed by atoms with Crippen LogP contribution in [0.15, 0.2) is 23.4 Å². The molecule has 1 rings (SSSR count). The van der Waals surface area contributed by atoms with Crippen LogP contribution in [-0.4, -0.2) is 49.5 Å². The van der Waals surface area contributed by atoms with Crippen molar-refractivity contribution in [3.8, 4) is 5.75 Å². The Morgan fingerprint density at radius 3 is 2.71 bits per heavy atom. The standard InChI is InChI=1S/C9H12N2O5S/c1-11(6-9(12)13)17(14,15)8-3-7(16-2)4-10-5-8/h3-5H,6H2,1-2H3,(H,12,13). The fraction of sp³-hybridized carbons (Fsp3) is 0.333. The van der Waals surface area contributed by atoms with E-state index in [1.54, 1.807) is 0 Å². The number of carboxylic acids is 1. The van der Waals surface area contributed by atoms with Gasteiger partial charge in [-0.2, -0.15) is 4.31 Å². The first-order valence-electron chi connectivity index (χ1n) is 4.55. The molecule has 0 saturated carbocycles. The Bertz CT molecular complexity index is 514. The summed E-state index contributed by atoms with van der Waals surface area (Å²) in [5.41, 5.74) is 0. The van der Waals surface area contributed by atoms with Gasteiger partial charge in [-0.05, 0) is 0 Å². The van der Waals surface area contributed by atoms with Gasteiger partial charge in [-0.3, -0.25) is 9.78 Å².